The Labute approximate surface area is 93.4 Å². The van der Waals surface area contributed by atoms with Crippen molar-refractivity contribution < 1.29 is 9.90 Å². The van der Waals surface area contributed by atoms with E-state index in [0.717, 1.165) is 5.92 Å². The molecule has 1 saturated carbocycles. The third-order valence-corrected chi connectivity index (χ3v) is 3.04. The average molecular weight is 215 g/mol. The van der Waals surface area contributed by atoms with Crippen LogP contribution in [0.1, 0.15) is 46.5 Å². The zero-order chi connectivity index (χ0) is 12.5. The summed E-state index contributed by atoms with van der Waals surface area (Å²) < 4.78 is 0. The van der Waals surface area contributed by atoms with Gasteiger partial charge in [-0.3, -0.25) is 0 Å². The fourth-order valence-corrected chi connectivity index (χ4v) is 1.67. The molecule has 1 amide bonds. The van der Waals surface area contributed by atoms with Gasteiger partial charge in [-0.05, 0) is 17.8 Å². The van der Waals surface area contributed by atoms with E-state index in [9.17, 15) is 0 Å². The van der Waals surface area contributed by atoms with Gasteiger partial charge in [-0.1, -0.05) is 40.0 Å². The van der Waals surface area contributed by atoms with Crippen molar-refractivity contribution in [1.29, 1.82) is 0 Å². The Morgan fingerprint density at radius 2 is 1.80 bits per heavy atom. The highest BCUT2D eigenvalue weighted by molar-refractivity contribution is 5.61. The van der Waals surface area contributed by atoms with Crippen molar-refractivity contribution in [2.75, 3.05) is 0 Å². The quantitative estimate of drug-likeness (QED) is 0.606. The summed E-state index contributed by atoms with van der Waals surface area (Å²) in [5.74, 6) is 0.950. The second-order valence-electron chi connectivity index (χ2n) is 4.47. The SMILES string of the molecule is C=C.CC1CCCCC1(C)C.NC(=O)O. The van der Waals surface area contributed by atoms with Gasteiger partial charge in [-0.15, -0.1) is 13.2 Å². The lowest BCUT2D eigenvalue weighted by molar-refractivity contribution is 0.154. The average Bonchev–Trinajstić information content (AvgIpc) is 2.13. The highest BCUT2D eigenvalue weighted by Gasteiger charge is 2.27. The lowest BCUT2D eigenvalue weighted by Gasteiger charge is -2.36. The number of hydrogen-bond donors (Lipinski definition) is 2. The van der Waals surface area contributed by atoms with Crippen LogP contribution in [-0.2, 0) is 0 Å². The standard InChI is InChI=1S/C9H18.C2H4.CH3NO2/c1-8-6-4-5-7-9(8,2)3;1-2;2-1(3)4/h8H,4-7H2,1-3H3;1-2H2;2H2,(H,3,4). The number of amides is 1. The molecule has 0 spiro atoms. The highest BCUT2D eigenvalue weighted by atomic mass is 16.4. The van der Waals surface area contributed by atoms with Crippen molar-refractivity contribution in [3.63, 3.8) is 0 Å². The molecule has 0 aromatic carbocycles. The molecular formula is C12H25NO2. The summed E-state index contributed by atoms with van der Waals surface area (Å²) in [6.45, 7) is 13.2. The molecule has 1 fully saturated rings. The lowest BCUT2D eigenvalue weighted by atomic mass is 9.70. The maximum atomic E-state index is 8.78. The van der Waals surface area contributed by atoms with Crippen LogP contribution in [0.2, 0.25) is 0 Å². The first-order valence-electron chi connectivity index (χ1n) is 5.34. The predicted molar refractivity (Wildman–Crippen MR) is 64.9 cm³/mol. The van der Waals surface area contributed by atoms with Gasteiger partial charge in [0.15, 0.2) is 0 Å². The van der Waals surface area contributed by atoms with Crippen LogP contribution in [0.3, 0.4) is 0 Å². The van der Waals surface area contributed by atoms with E-state index in [0.29, 0.717) is 5.41 Å². The fraction of sp³-hybridized carbons (Fsp3) is 0.750. The normalized spacial score (nSPS) is 22.5. The minimum absolute atomic E-state index is 0.637. The molecule has 0 heterocycles. The van der Waals surface area contributed by atoms with Gasteiger partial charge in [0.05, 0.1) is 0 Å². The van der Waals surface area contributed by atoms with E-state index < -0.39 is 6.09 Å². The van der Waals surface area contributed by atoms with Gasteiger partial charge in [-0.2, -0.15) is 0 Å². The van der Waals surface area contributed by atoms with Gasteiger partial charge in [0, 0.05) is 0 Å². The monoisotopic (exact) mass is 215 g/mol. The van der Waals surface area contributed by atoms with Gasteiger partial charge in [0.2, 0.25) is 0 Å². The molecule has 1 aliphatic carbocycles. The van der Waals surface area contributed by atoms with Crippen LogP contribution in [0.25, 0.3) is 0 Å². The molecule has 90 valence electrons. The smallest absolute Gasteiger partial charge is 0.402 e. The Bertz CT molecular complexity index is 174. The molecule has 0 aromatic rings. The molecule has 3 nitrogen and oxygen atoms in total. The minimum atomic E-state index is -1.33. The molecule has 0 saturated heterocycles. The maximum absolute atomic E-state index is 8.78. The van der Waals surface area contributed by atoms with Gasteiger partial charge < -0.3 is 10.8 Å². The van der Waals surface area contributed by atoms with E-state index in [2.05, 4.69) is 39.7 Å². The van der Waals surface area contributed by atoms with E-state index in [1.54, 1.807) is 0 Å². The molecule has 1 atom stereocenters. The van der Waals surface area contributed by atoms with Crippen LogP contribution >= 0.6 is 0 Å². The Kier molecular flexibility index (Phi) is 9.13. The molecule has 0 radical (unpaired) electrons. The third-order valence-electron chi connectivity index (χ3n) is 3.04. The molecular weight excluding hydrogens is 190 g/mol. The molecule has 15 heavy (non-hydrogen) atoms. The van der Waals surface area contributed by atoms with E-state index in [-0.39, 0.29) is 0 Å². The summed E-state index contributed by atoms with van der Waals surface area (Å²) in [5.41, 5.74) is 4.66. The molecule has 0 aromatic heterocycles. The second-order valence-corrected chi connectivity index (χ2v) is 4.47. The van der Waals surface area contributed by atoms with Crippen LogP contribution in [0, 0.1) is 11.3 Å². The minimum Gasteiger partial charge on any atom is -0.465 e. The first-order chi connectivity index (χ1) is 6.86. The Hall–Kier alpha value is -0.990. The van der Waals surface area contributed by atoms with Crippen LogP contribution in [0.15, 0.2) is 13.2 Å². The maximum Gasteiger partial charge on any atom is 0.402 e. The van der Waals surface area contributed by atoms with Gasteiger partial charge in [-0.25, -0.2) is 4.79 Å². The zero-order valence-electron chi connectivity index (χ0n) is 10.3. The van der Waals surface area contributed by atoms with E-state index in [1.165, 1.54) is 25.7 Å². The van der Waals surface area contributed by atoms with E-state index in [1.807, 2.05) is 0 Å². The van der Waals surface area contributed by atoms with Gasteiger partial charge >= 0.3 is 6.09 Å². The van der Waals surface area contributed by atoms with E-state index in [4.69, 9.17) is 9.90 Å². The number of carbonyl (C=O) groups is 1. The highest BCUT2D eigenvalue weighted by Crippen LogP contribution is 2.39. The molecule has 1 aliphatic rings. The summed E-state index contributed by atoms with van der Waals surface area (Å²) in [7, 11) is 0. The largest absolute Gasteiger partial charge is 0.465 e. The van der Waals surface area contributed by atoms with Crippen molar-refractivity contribution in [2.24, 2.45) is 17.1 Å². The first kappa shape index (κ1) is 16.4. The summed E-state index contributed by atoms with van der Waals surface area (Å²) in [5, 5.41) is 7.19. The van der Waals surface area contributed by atoms with Gasteiger partial charge in [0.1, 0.15) is 0 Å². The van der Waals surface area contributed by atoms with E-state index >= 15 is 0 Å². The van der Waals surface area contributed by atoms with Crippen molar-refractivity contribution in [3.8, 4) is 0 Å². The third kappa shape index (κ3) is 9.32. The Morgan fingerprint density at radius 1 is 1.40 bits per heavy atom. The van der Waals surface area contributed by atoms with Crippen molar-refractivity contribution in [3.05, 3.63) is 13.2 Å². The summed E-state index contributed by atoms with van der Waals surface area (Å²) in [6, 6.07) is 0. The zero-order valence-corrected chi connectivity index (χ0v) is 10.3. The summed E-state index contributed by atoms with van der Waals surface area (Å²) in [4.78, 5) is 8.78. The van der Waals surface area contributed by atoms with Crippen LogP contribution in [-0.4, -0.2) is 11.2 Å². The molecule has 3 heteroatoms. The first-order valence-corrected chi connectivity index (χ1v) is 5.34. The number of hydrogen-bond acceptors (Lipinski definition) is 1. The molecule has 1 rings (SSSR count). The summed E-state index contributed by atoms with van der Waals surface area (Å²) >= 11 is 0. The number of primary amides is 1. The number of carboxylic acid groups (broad SMARTS) is 1. The number of rotatable bonds is 0. The van der Waals surface area contributed by atoms with Crippen LogP contribution in [0.5, 0.6) is 0 Å². The van der Waals surface area contributed by atoms with Crippen molar-refractivity contribution >= 4 is 6.09 Å². The van der Waals surface area contributed by atoms with Gasteiger partial charge in [0.25, 0.3) is 0 Å². The fourth-order valence-electron chi connectivity index (χ4n) is 1.67. The Morgan fingerprint density at radius 3 is 2.00 bits per heavy atom. The topological polar surface area (TPSA) is 63.3 Å². The van der Waals surface area contributed by atoms with Crippen molar-refractivity contribution in [1.82, 2.24) is 0 Å². The molecule has 0 bridgehead atoms. The second kappa shape index (κ2) is 8.33. The molecule has 1 unspecified atom stereocenters. The number of nitrogens with two attached hydrogens (primary N) is 1. The molecule has 0 aliphatic heterocycles. The lowest BCUT2D eigenvalue weighted by Crippen LogP contribution is -2.24. The summed E-state index contributed by atoms with van der Waals surface area (Å²) in [6.07, 6.45) is 4.48. The Balaban J connectivity index is 0. The van der Waals surface area contributed by atoms with Crippen LogP contribution < -0.4 is 5.73 Å². The van der Waals surface area contributed by atoms with Crippen molar-refractivity contribution in [2.45, 2.75) is 46.5 Å². The molecule has 3 N–H and O–H groups in total. The predicted octanol–water partition coefficient (Wildman–Crippen LogP) is 3.65. The van der Waals surface area contributed by atoms with Crippen LogP contribution in [0.4, 0.5) is 4.79 Å².